The summed E-state index contributed by atoms with van der Waals surface area (Å²) in [6.07, 6.45) is 12.1. The fourth-order valence-electron chi connectivity index (χ4n) is 3.78. The van der Waals surface area contributed by atoms with Crippen LogP contribution < -0.4 is 0 Å². The summed E-state index contributed by atoms with van der Waals surface area (Å²) in [6.45, 7) is 1.72. The van der Waals surface area contributed by atoms with Gasteiger partial charge in [0, 0.05) is 12.1 Å². The van der Waals surface area contributed by atoms with Gasteiger partial charge in [0.25, 0.3) is 0 Å². The van der Waals surface area contributed by atoms with Crippen molar-refractivity contribution in [3.63, 3.8) is 0 Å². The summed E-state index contributed by atoms with van der Waals surface area (Å²) in [4.78, 5) is 14.7. The second kappa shape index (κ2) is 7.28. The molecule has 1 N–H and O–H groups in total. The zero-order valence-corrected chi connectivity index (χ0v) is 12.3. The molecule has 0 aromatic carbocycles. The molecule has 0 radical (unpaired) electrons. The van der Waals surface area contributed by atoms with Gasteiger partial charge in [-0.25, -0.2) is 0 Å². The lowest BCUT2D eigenvalue weighted by Crippen LogP contribution is -2.49. The largest absolute Gasteiger partial charge is 0.393 e. The molecule has 2 aliphatic rings. The van der Waals surface area contributed by atoms with Crippen LogP contribution in [-0.2, 0) is 4.79 Å². The SMILES string of the molecule is CC(O)CC(=O)N(C1CCCCC1)C1CCCCC1. The van der Waals surface area contributed by atoms with Gasteiger partial charge >= 0.3 is 0 Å². The number of carbonyl (C=O) groups excluding carboxylic acids is 1. The van der Waals surface area contributed by atoms with Crippen LogP contribution in [0, 0.1) is 0 Å². The first-order chi connectivity index (χ1) is 9.18. The van der Waals surface area contributed by atoms with Crippen LogP contribution in [0.3, 0.4) is 0 Å². The molecule has 0 spiro atoms. The van der Waals surface area contributed by atoms with E-state index >= 15 is 0 Å². The van der Waals surface area contributed by atoms with Crippen LogP contribution in [0.2, 0.25) is 0 Å². The lowest BCUT2D eigenvalue weighted by Gasteiger charge is -2.42. The van der Waals surface area contributed by atoms with Gasteiger partial charge in [-0.05, 0) is 32.6 Å². The molecule has 0 heterocycles. The summed E-state index contributed by atoms with van der Waals surface area (Å²) >= 11 is 0. The van der Waals surface area contributed by atoms with Gasteiger partial charge in [-0.2, -0.15) is 0 Å². The topological polar surface area (TPSA) is 40.5 Å². The van der Waals surface area contributed by atoms with Crippen molar-refractivity contribution in [2.75, 3.05) is 0 Å². The predicted molar refractivity (Wildman–Crippen MR) is 76.9 cm³/mol. The van der Waals surface area contributed by atoms with Gasteiger partial charge in [0.1, 0.15) is 0 Å². The van der Waals surface area contributed by atoms with Crippen molar-refractivity contribution >= 4 is 5.91 Å². The molecule has 1 atom stereocenters. The van der Waals surface area contributed by atoms with E-state index in [4.69, 9.17) is 0 Å². The average Bonchev–Trinajstić information content (AvgIpc) is 2.40. The third-order valence-corrected chi connectivity index (χ3v) is 4.69. The van der Waals surface area contributed by atoms with Crippen molar-refractivity contribution in [1.29, 1.82) is 0 Å². The first-order valence-electron chi connectivity index (χ1n) is 8.17. The first-order valence-corrected chi connectivity index (χ1v) is 8.17. The van der Waals surface area contributed by atoms with Crippen molar-refractivity contribution in [3.05, 3.63) is 0 Å². The van der Waals surface area contributed by atoms with E-state index in [0.29, 0.717) is 18.5 Å². The van der Waals surface area contributed by atoms with E-state index in [-0.39, 0.29) is 5.91 Å². The first kappa shape index (κ1) is 14.8. The van der Waals surface area contributed by atoms with Crippen molar-refractivity contribution < 1.29 is 9.90 Å². The third kappa shape index (κ3) is 4.20. The summed E-state index contributed by atoms with van der Waals surface area (Å²) < 4.78 is 0. The number of hydrogen-bond donors (Lipinski definition) is 1. The molecule has 110 valence electrons. The predicted octanol–water partition coefficient (Wildman–Crippen LogP) is 3.25. The fraction of sp³-hybridized carbons (Fsp3) is 0.938. The van der Waals surface area contributed by atoms with Crippen molar-refractivity contribution in [2.24, 2.45) is 0 Å². The quantitative estimate of drug-likeness (QED) is 0.849. The molecule has 2 saturated carbocycles. The van der Waals surface area contributed by atoms with Crippen molar-refractivity contribution in [2.45, 2.75) is 95.7 Å². The van der Waals surface area contributed by atoms with E-state index in [1.807, 2.05) is 0 Å². The second-order valence-electron chi connectivity index (χ2n) is 6.44. The van der Waals surface area contributed by atoms with E-state index in [0.717, 1.165) is 0 Å². The summed E-state index contributed by atoms with van der Waals surface area (Å²) in [5.74, 6) is 0.189. The van der Waals surface area contributed by atoms with E-state index in [1.54, 1.807) is 6.92 Å². The molecule has 0 bridgehead atoms. The fourth-order valence-corrected chi connectivity index (χ4v) is 3.78. The Morgan fingerprint density at radius 3 is 1.79 bits per heavy atom. The minimum atomic E-state index is -0.512. The highest BCUT2D eigenvalue weighted by atomic mass is 16.3. The Morgan fingerprint density at radius 2 is 1.42 bits per heavy atom. The maximum atomic E-state index is 12.5. The lowest BCUT2D eigenvalue weighted by atomic mass is 9.88. The van der Waals surface area contributed by atoms with Crippen molar-refractivity contribution in [3.8, 4) is 0 Å². The molecular formula is C16H29NO2. The minimum Gasteiger partial charge on any atom is -0.393 e. The Bertz CT molecular complexity index is 260. The molecule has 0 aromatic rings. The van der Waals surface area contributed by atoms with Gasteiger partial charge in [0.15, 0.2) is 0 Å². The maximum absolute atomic E-state index is 12.5. The van der Waals surface area contributed by atoms with Gasteiger partial charge in [0.05, 0.1) is 12.5 Å². The van der Waals surface area contributed by atoms with E-state index < -0.39 is 6.10 Å². The molecule has 2 aliphatic carbocycles. The van der Waals surface area contributed by atoms with Gasteiger partial charge in [0.2, 0.25) is 5.91 Å². The molecule has 0 saturated heterocycles. The number of aliphatic hydroxyl groups is 1. The molecular weight excluding hydrogens is 238 g/mol. The number of carbonyl (C=O) groups is 1. The number of rotatable bonds is 4. The Labute approximate surface area is 117 Å². The molecule has 2 rings (SSSR count). The monoisotopic (exact) mass is 267 g/mol. The van der Waals surface area contributed by atoms with Crippen LogP contribution in [0.1, 0.15) is 77.6 Å². The lowest BCUT2D eigenvalue weighted by molar-refractivity contribution is -0.139. The molecule has 1 amide bonds. The van der Waals surface area contributed by atoms with E-state index in [9.17, 15) is 9.90 Å². The van der Waals surface area contributed by atoms with Gasteiger partial charge in [-0.15, -0.1) is 0 Å². The second-order valence-corrected chi connectivity index (χ2v) is 6.44. The Morgan fingerprint density at radius 1 is 1.00 bits per heavy atom. The third-order valence-electron chi connectivity index (χ3n) is 4.69. The molecule has 19 heavy (non-hydrogen) atoms. The molecule has 3 nitrogen and oxygen atoms in total. The van der Waals surface area contributed by atoms with Crippen LogP contribution in [0.25, 0.3) is 0 Å². The summed E-state index contributed by atoms with van der Waals surface area (Å²) in [6, 6.07) is 0.895. The zero-order chi connectivity index (χ0) is 13.7. The molecule has 0 aromatic heterocycles. The number of hydrogen-bond acceptors (Lipinski definition) is 2. The Hall–Kier alpha value is -0.570. The highest BCUT2D eigenvalue weighted by molar-refractivity contribution is 5.77. The summed E-state index contributed by atoms with van der Waals surface area (Å²) in [5.41, 5.74) is 0. The molecule has 1 unspecified atom stereocenters. The summed E-state index contributed by atoms with van der Waals surface area (Å²) in [5, 5.41) is 9.52. The van der Waals surface area contributed by atoms with Gasteiger partial charge in [-0.1, -0.05) is 38.5 Å². The molecule has 3 heteroatoms. The van der Waals surface area contributed by atoms with E-state index in [2.05, 4.69) is 4.90 Å². The highest BCUT2D eigenvalue weighted by Gasteiger charge is 2.32. The Kier molecular flexibility index (Phi) is 5.68. The summed E-state index contributed by atoms with van der Waals surface area (Å²) in [7, 11) is 0. The molecule has 2 fully saturated rings. The Balaban J connectivity index is 2.04. The smallest absolute Gasteiger partial charge is 0.225 e. The highest BCUT2D eigenvalue weighted by Crippen LogP contribution is 2.30. The number of nitrogens with zero attached hydrogens (tertiary/aromatic N) is 1. The van der Waals surface area contributed by atoms with Gasteiger partial charge < -0.3 is 10.0 Å². The van der Waals surface area contributed by atoms with E-state index in [1.165, 1.54) is 64.2 Å². The van der Waals surface area contributed by atoms with Crippen LogP contribution in [0.15, 0.2) is 0 Å². The zero-order valence-electron chi connectivity index (χ0n) is 12.3. The number of aliphatic hydroxyl groups excluding tert-OH is 1. The van der Waals surface area contributed by atoms with Gasteiger partial charge in [-0.3, -0.25) is 4.79 Å². The normalized spacial score (nSPS) is 24.1. The molecule has 0 aliphatic heterocycles. The number of amides is 1. The van der Waals surface area contributed by atoms with Crippen LogP contribution in [0.4, 0.5) is 0 Å². The maximum Gasteiger partial charge on any atom is 0.225 e. The van der Waals surface area contributed by atoms with Crippen molar-refractivity contribution in [1.82, 2.24) is 4.90 Å². The van der Waals surface area contributed by atoms with Crippen LogP contribution in [0.5, 0.6) is 0 Å². The minimum absolute atomic E-state index is 0.189. The standard InChI is InChI=1S/C16H29NO2/c1-13(18)12-16(19)17(14-8-4-2-5-9-14)15-10-6-3-7-11-15/h13-15,18H,2-12H2,1H3. The average molecular weight is 267 g/mol. The van der Waals surface area contributed by atoms with Crippen LogP contribution >= 0.6 is 0 Å². The van der Waals surface area contributed by atoms with Crippen LogP contribution in [-0.4, -0.2) is 34.1 Å².